The normalized spacial score (nSPS) is 11.9. The summed E-state index contributed by atoms with van der Waals surface area (Å²) >= 11 is 1.00. The average molecular weight is 454 g/mol. The number of thiophene rings is 1. The van der Waals surface area contributed by atoms with Crippen molar-refractivity contribution in [1.82, 2.24) is 5.32 Å². The van der Waals surface area contributed by atoms with Crippen LogP contribution in [0.15, 0.2) is 70.9 Å². The van der Waals surface area contributed by atoms with E-state index in [9.17, 15) is 26.4 Å². The van der Waals surface area contributed by atoms with Gasteiger partial charge in [0.25, 0.3) is 15.9 Å². The molecule has 5 nitrogen and oxygen atoms in total. The maximum absolute atomic E-state index is 13.1. The van der Waals surface area contributed by atoms with Gasteiger partial charge in [0.2, 0.25) is 0 Å². The largest absolute Gasteiger partial charge is 0.416 e. The van der Waals surface area contributed by atoms with Crippen LogP contribution in [0.5, 0.6) is 0 Å². The smallest absolute Gasteiger partial charge is 0.347 e. The van der Waals surface area contributed by atoms with Crippen LogP contribution in [0.1, 0.15) is 20.8 Å². The number of anilines is 1. The Morgan fingerprint density at radius 1 is 1.03 bits per heavy atom. The van der Waals surface area contributed by atoms with Crippen LogP contribution in [-0.4, -0.2) is 21.4 Å². The second-order valence-corrected chi connectivity index (χ2v) is 9.14. The minimum atomic E-state index is -4.54. The Balaban J connectivity index is 1.82. The Bertz CT molecular complexity index is 1140. The van der Waals surface area contributed by atoms with Gasteiger partial charge in [0.1, 0.15) is 4.88 Å². The van der Waals surface area contributed by atoms with Crippen LogP contribution in [0.2, 0.25) is 0 Å². The van der Waals surface area contributed by atoms with E-state index >= 15 is 0 Å². The molecule has 0 bridgehead atoms. The standard InChI is InChI=1S/C20H17F3N2O3S2/c1-25(30(27,28)15-8-3-2-4-9-15)17-11-12-29-18(17)19(26)24-13-14-7-5-6-10-16(14)20(21,22)23/h2-12H,13H2,1H3,(H,24,26). The van der Waals surface area contributed by atoms with E-state index < -0.39 is 27.7 Å². The molecule has 0 aliphatic rings. The second-order valence-electron chi connectivity index (χ2n) is 6.26. The Kier molecular flexibility index (Phi) is 6.18. The van der Waals surface area contributed by atoms with Crippen molar-refractivity contribution < 1.29 is 26.4 Å². The summed E-state index contributed by atoms with van der Waals surface area (Å²) in [5.74, 6) is -0.660. The number of nitrogens with one attached hydrogen (secondary N) is 1. The zero-order valence-corrected chi connectivity index (χ0v) is 17.3. The summed E-state index contributed by atoms with van der Waals surface area (Å²) in [5, 5.41) is 4.00. The fourth-order valence-corrected chi connectivity index (χ4v) is 4.93. The van der Waals surface area contributed by atoms with E-state index in [2.05, 4.69) is 5.32 Å². The molecule has 158 valence electrons. The van der Waals surface area contributed by atoms with E-state index in [-0.39, 0.29) is 27.6 Å². The van der Waals surface area contributed by atoms with Crippen molar-refractivity contribution in [3.63, 3.8) is 0 Å². The van der Waals surface area contributed by atoms with Gasteiger partial charge in [-0.05, 0) is 35.2 Å². The van der Waals surface area contributed by atoms with Gasteiger partial charge in [-0.1, -0.05) is 36.4 Å². The number of sulfonamides is 1. The molecule has 2 aromatic carbocycles. The molecule has 0 aliphatic heterocycles. The second kappa shape index (κ2) is 8.49. The van der Waals surface area contributed by atoms with Crippen LogP contribution in [0.3, 0.4) is 0 Å². The van der Waals surface area contributed by atoms with Crippen LogP contribution in [0, 0.1) is 0 Å². The molecule has 0 aliphatic carbocycles. The van der Waals surface area contributed by atoms with Crippen molar-refractivity contribution in [1.29, 1.82) is 0 Å². The SMILES string of the molecule is CN(c1ccsc1C(=O)NCc1ccccc1C(F)(F)F)S(=O)(=O)c1ccccc1. The summed E-state index contributed by atoms with van der Waals surface area (Å²) in [6, 6.07) is 14.1. The minimum absolute atomic E-state index is 0.0594. The van der Waals surface area contributed by atoms with Crippen molar-refractivity contribution in [2.75, 3.05) is 11.4 Å². The van der Waals surface area contributed by atoms with Gasteiger partial charge in [0.15, 0.2) is 0 Å². The molecule has 0 fully saturated rings. The highest BCUT2D eigenvalue weighted by Gasteiger charge is 2.33. The maximum Gasteiger partial charge on any atom is 0.416 e. The van der Waals surface area contributed by atoms with Crippen LogP contribution < -0.4 is 9.62 Å². The number of hydrogen-bond acceptors (Lipinski definition) is 4. The average Bonchev–Trinajstić information content (AvgIpc) is 3.21. The third-order valence-electron chi connectivity index (χ3n) is 4.35. The molecule has 0 radical (unpaired) electrons. The van der Waals surface area contributed by atoms with Gasteiger partial charge < -0.3 is 5.32 Å². The Hall–Kier alpha value is -2.85. The van der Waals surface area contributed by atoms with Crippen molar-refractivity contribution in [3.05, 3.63) is 82.0 Å². The fraction of sp³-hybridized carbons (Fsp3) is 0.150. The molecule has 1 heterocycles. The lowest BCUT2D eigenvalue weighted by Gasteiger charge is -2.20. The van der Waals surface area contributed by atoms with Crippen LogP contribution in [-0.2, 0) is 22.7 Å². The summed E-state index contributed by atoms with van der Waals surface area (Å²) in [5.41, 5.74) is -0.771. The first-order valence-electron chi connectivity index (χ1n) is 8.67. The number of carbonyl (C=O) groups is 1. The molecule has 0 unspecified atom stereocenters. The summed E-state index contributed by atoms with van der Waals surface area (Å²) in [4.78, 5) is 12.8. The lowest BCUT2D eigenvalue weighted by molar-refractivity contribution is -0.138. The molecule has 0 saturated heterocycles. The van der Waals surface area contributed by atoms with Gasteiger partial charge in [-0.3, -0.25) is 9.10 Å². The number of hydrogen-bond donors (Lipinski definition) is 1. The number of rotatable bonds is 6. The van der Waals surface area contributed by atoms with Crippen molar-refractivity contribution in [2.45, 2.75) is 17.6 Å². The monoisotopic (exact) mass is 454 g/mol. The molecule has 0 atom stereocenters. The van der Waals surface area contributed by atoms with Gasteiger partial charge in [0, 0.05) is 13.6 Å². The van der Waals surface area contributed by atoms with Crippen molar-refractivity contribution in [2.24, 2.45) is 0 Å². The number of halogens is 3. The fourth-order valence-electron chi connectivity index (χ4n) is 2.81. The third kappa shape index (κ3) is 4.49. The van der Waals surface area contributed by atoms with E-state index in [1.165, 1.54) is 43.4 Å². The Labute approximate surface area is 175 Å². The number of alkyl halides is 3. The zero-order valence-electron chi connectivity index (χ0n) is 15.7. The molecule has 3 aromatic rings. The van der Waals surface area contributed by atoms with Crippen molar-refractivity contribution >= 4 is 33.0 Å². The predicted molar refractivity (Wildman–Crippen MR) is 109 cm³/mol. The third-order valence-corrected chi connectivity index (χ3v) is 7.04. The summed E-state index contributed by atoms with van der Waals surface area (Å²) < 4.78 is 66.0. The number of amides is 1. The van der Waals surface area contributed by atoms with Gasteiger partial charge in [-0.15, -0.1) is 11.3 Å². The van der Waals surface area contributed by atoms with E-state index in [1.807, 2.05) is 0 Å². The summed E-state index contributed by atoms with van der Waals surface area (Å²) in [6.45, 7) is -0.346. The molecule has 3 rings (SSSR count). The highest BCUT2D eigenvalue weighted by molar-refractivity contribution is 7.92. The minimum Gasteiger partial charge on any atom is -0.347 e. The Morgan fingerprint density at radius 3 is 2.33 bits per heavy atom. The zero-order chi connectivity index (χ0) is 21.9. The molecule has 10 heteroatoms. The van der Waals surface area contributed by atoms with E-state index in [1.54, 1.807) is 23.6 Å². The molecule has 0 spiro atoms. The first-order chi connectivity index (χ1) is 14.1. The van der Waals surface area contributed by atoms with E-state index in [0.29, 0.717) is 0 Å². The molecular weight excluding hydrogens is 437 g/mol. The van der Waals surface area contributed by atoms with Gasteiger partial charge in [-0.2, -0.15) is 13.2 Å². The van der Waals surface area contributed by atoms with E-state index in [0.717, 1.165) is 21.7 Å². The lowest BCUT2D eigenvalue weighted by Crippen LogP contribution is -2.30. The van der Waals surface area contributed by atoms with Crippen LogP contribution in [0.25, 0.3) is 0 Å². The predicted octanol–water partition coefficient (Wildman–Crippen LogP) is 4.52. The van der Waals surface area contributed by atoms with Crippen LogP contribution in [0.4, 0.5) is 18.9 Å². The quantitative estimate of drug-likeness (QED) is 0.596. The van der Waals surface area contributed by atoms with Gasteiger partial charge in [0.05, 0.1) is 16.1 Å². The number of nitrogens with zero attached hydrogens (tertiary/aromatic N) is 1. The Morgan fingerprint density at radius 2 is 1.67 bits per heavy atom. The van der Waals surface area contributed by atoms with E-state index in [4.69, 9.17) is 0 Å². The molecule has 1 aromatic heterocycles. The van der Waals surface area contributed by atoms with Crippen LogP contribution >= 0.6 is 11.3 Å². The molecule has 0 saturated carbocycles. The lowest BCUT2D eigenvalue weighted by atomic mass is 10.1. The highest BCUT2D eigenvalue weighted by Crippen LogP contribution is 2.32. The van der Waals surface area contributed by atoms with Gasteiger partial charge in [-0.25, -0.2) is 8.42 Å². The number of benzene rings is 2. The van der Waals surface area contributed by atoms with Crippen molar-refractivity contribution in [3.8, 4) is 0 Å². The molecule has 30 heavy (non-hydrogen) atoms. The summed E-state index contributed by atoms with van der Waals surface area (Å²) in [7, 11) is -2.58. The first kappa shape index (κ1) is 21.8. The highest BCUT2D eigenvalue weighted by atomic mass is 32.2. The summed E-state index contributed by atoms with van der Waals surface area (Å²) in [6.07, 6.45) is -4.54. The maximum atomic E-state index is 13.1. The molecule has 1 N–H and O–H groups in total. The van der Waals surface area contributed by atoms with Gasteiger partial charge >= 0.3 is 6.18 Å². The topological polar surface area (TPSA) is 66.5 Å². The molecular formula is C20H17F3N2O3S2. The number of carbonyl (C=O) groups excluding carboxylic acids is 1. The first-order valence-corrected chi connectivity index (χ1v) is 11.0. The molecule has 1 amide bonds.